The molecular formula is C22H22N2O4. The Morgan fingerprint density at radius 1 is 1.07 bits per heavy atom. The highest BCUT2D eigenvalue weighted by atomic mass is 16.5. The van der Waals surface area contributed by atoms with Gasteiger partial charge in [-0.3, -0.25) is 9.59 Å². The first-order valence-corrected chi connectivity index (χ1v) is 9.54. The summed E-state index contributed by atoms with van der Waals surface area (Å²) >= 11 is 0. The molecule has 0 radical (unpaired) electrons. The van der Waals surface area contributed by atoms with Crippen molar-refractivity contribution in [2.24, 2.45) is 5.41 Å². The van der Waals surface area contributed by atoms with Crippen LogP contribution in [0.15, 0.2) is 48.5 Å². The van der Waals surface area contributed by atoms with Gasteiger partial charge in [0.05, 0.1) is 12.2 Å². The SMILES string of the molecule is CCOC(=O)c1ccc(NC(=O)C2(C(=O)N3CCc4ccccc43)CC2)cc1. The van der Waals surface area contributed by atoms with Gasteiger partial charge in [-0.2, -0.15) is 0 Å². The van der Waals surface area contributed by atoms with Crippen LogP contribution in [0.25, 0.3) is 0 Å². The number of esters is 1. The molecule has 1 heterocycles. The van der Waals surface area contributed by atoms with Crippen molar-refractivity contribution >= 4 is 29.2 Å². The predicted molar refractivity (Wildman–Crippen MR) is 105 cm³/mol. The van der Waals surface area contributed by atoms with E-state index in [0.29, 0.717) is 37.2 Å². The van der Waals surface area contributed by atoms with Crippen LogP contribution in [0.1, 0.15) is 35.7 Å². The summed E-state index contributed by atoms with van der Waals surface area (Å²) in [5, 5.41) is 2.83. The molecule has 1 fully saturated rings. The molecule has 2 aromatic rings. The molecule has 2 amide bonds. The second-order valence-electron chi connectivity index (χ2n) is 7.17. The van der Waals surface area contributed by atoms with Crippen molar-refractivity contribution in [1.29, 1.82) is 0 Å². The number of carbonyl (C=O) groups excluding carboxylic acids is 3. The van der Waals surface area contributed by atoms with Gasteiger partial charge >= 0.3 is 5.97 Å². The normalized spacial score (nSPS) is 16.2. The van der Waals surface area contributed by atoms with E-state index in [0.717, 1.165) is 17.7 Å². The van der Waals surface area contributed by atoms with E-state index >= 15 is 0 Å². The van der Waals surface area contributed by atoms with Crippen LogP contribution < -0.4 is 10.2 Å². The second kappa shape index (κ2) is 7.11. The molecule has 144 valence electrons. The minimum absolute atomic E-state index is 0.127. The lowest BCUT2D eigenvalue weighted by molar-refractivity contribution is -0.132. The van der Waals surface area contributed by atoms with Gasteiger partial charge in [-0.05, 0) is 62.1 Å². The molecule has 4 rings (SSSR count). The van der Waals surface area contributed by atoms with E-state index in [-0.39, 0.29) is 11.8 Å². The van der Waals surface area contributed by atoms with Gasteiger partial charge in [0.2, 0.25) is 11.8 Å². The van der Waals surface area contributed by atoms with Crippen molar-refractivity contribution in [1.82, 2.24) is 0 Å². The van der Waals surface area contributed by atoms with Gasteiger partial charge in [0, 0.05) is 17.9 Å². The van der Waals surface area contributed by atoms with Gasteiger partial charge in [0.25, 0.3) is 0 Å². The van der Waals surface area contributed by atoms with Gasteiger partial charge in [0.15, 0.2) is 0 Å². The van der Waals surface area contributed by atoms with Crippen LogP contribution in [0.3, 0.4) is 0 Å². The minimum Gasteiger partial charge on any atom is -0.462 e. The summed E-state index contributed by atoms with van der Waals surface area (Å²) in [5.41, 5.74) is 2.04. The Bertz CT molecular complexity index is 932. The molecule has 28 heavy (non-hydrogen) atoms. The van der Waals surface area contributed by atoms with Crippen LogP contribution in [0, 0.1) is 5.41 Å². The second-order valence-corrected chi connectivity index (χ2v) is 7.17. The molecule has 0 atom stereocenters. The Balaban J connectivity index is 1.46. The summed E-state index contributed by atoms with van der Waals surface area (Å²) in [7, 11) is 0. The van der Waals surface area contributed by atoms with E-state index < -0.39 is 11.4 Å². The number of para-hydroxylation sites is 1. The Hall–Kier alpha value is -3.15. The summed E-state index contributed by atoms with van der Waals surface area (Å²) in [6, 6.07) is 14.3. The van der Waals surface area contributed by atoms with Crippen LogP contribution in [0.5, 0.6) is 0 Å². The van der Waals surface area contributed by atoms with Gasteiger partial charge < -0.3 is 15.0 Å². The third-order valence-corrected chi connectivity index (χ3v) is 5.38. The van der Waals surface area contributed by atoms with Gasteiger partial charge in [-0.25, -0.2) is 4.79 Å². The monoisotopic (exact) mass is 378 g/mol. The van der Waals surface area contributed by atoms with Crippen LogP contribution in [-0.2, 0) is 20.7 Å². The highest BCUT2D eigenvalue weighted by Gasteiger charge is 2.58. The van der Waals surface area contributed by atoms with Gasteiger partial charge in [-0.15, -0.1) is 0 Å². The molecule has 1 aliphatic carbocycles. The van der Waals surface area contributed by atoms with Crippen molar-refractivity contribution in [2.75, 3.05) is 23.4 Å². The number of nitrogens with one attached hydrogen (secondary N) is 1. The summed E-state index contributed by atoms with van der Waals surface area (Å²) in [6.45, 7) is 2.67. The molecule has 0 saturated heterocycles. The van der Waals surface area contributed by atoms with Crippen molar-refractivity contribution in [2.45, 2.75) is 26.2 Å². The Morgan fingerprint density at radius 2 is 1.79 bits per heavy atom. The van der Waals surface area contributed by atoms with E-state index in [1.807, 2.05) is 24.3 Å². The first-order valence-electron chi connectivity index (χ1n) is 9.54. The van der Waals surface area contributed by atoms with Crippen LogP contribution >= 0.6 is 0 Å². The molecular weight excluding hydrogens is 356 g/mol. The minimum atomic E-state index is -0.989. The van der Waals surface area contributed by atoms with Crippen LogP contribution in [0.2, 0.25) is 0 Å². The average Bonchev–Trinajstić information content (AvgIpc) is 3.42. The zero-order valence-electron chi connectivity index (χ0n) is 15.7. The fraction of sp³-hybridized carbons (Fsp3) is 0.318. The molecule has 0 bridgehead atoms. The van der Waals surface area contributed by atoms with Gasteiger partial charge in [0.1, 0.15) is 5.41 Å². The molecule has 1 saturated carbocycles. The predicted octanol–water partition coefficient (Wildman–Crippen LogP) is 3.17. The highest BCUT2D eigenvalue weighted by Crippen LogP contribution is 2.49. The molecule has 1 N–H and O–H groups in total. The summed E-state index contributed by atoms with van der Waals surface area (Å²) in [5.74, 6) is -0.814. The maximum Gasteiger partial charge on any atom is 0.338 e. The molecule has 0 aromatic heterocycles. The zero-order chi connectivity index (χ0) is 19.7. The lowest BCUT2D eigenvalue weighted by Gasteiger charge is -2.23. The largest absolute Gasteiger partial charge is 0.462 e. The fourth-order valence-corrected chi connectivity index (χ4v) is 3.63. The lowest BCUT2D eigenvalue weighted by Crippen LogP contribution is -2.42. The molecule has 6 nitrogen and oxygen atoms in total. The quantitative estimate of drug-likeness (QED) is 0.640. The Morgan fingerprint density at radius 3 is 2.46 bits per heavy atom. The van der Waals surface area contributed by atoms with E-state index in [9.17, 15) is 14.4 Å². The van der Waals surface area contributed by atoms with Gasteiger partial charge in [-0.1, -0.05) is 18.2 Å². The number of ether oxygens (including phenoxy) is 1. The number of hydrogen-bond acceptors (Lipinski definition) is 4. The van der Waals surface area contributed by atoms with E-state index in [1.165, 1.54) is 0 Å². The molecule has 1 aliphatic heterocycles. The number of anilines is 2. The third-order valence-electron chi connectivity index (χ3n) is 5.38. The molecule has 0 unspecified atom stereocenters. The fourth-order valence-electron chi connectivity index (χ4n) is 3.63. The molecule has 2 aromatic carbocycles. The summed E-state index contributed by atoms with van der Waals surface area (Å²) < 4.78 is 4.95. The maximum absolute atomic E-state index is 13.1. The van der Waals surface area contributed by atoms with Crippen LogP contribution in [0.4, 0.5) is 11.4 Å². The number of fused-ring (bicyclic) bond motifs is 1. The van der Waals surface area contributed by atoms with E-state index in [4.69, 9.17) is 4.74 Å². The number of amides is 2. The number of nitrogens with zero attached hydrogens (tertiary/aromatic N) is 1. The topological polar surface area (TPSA) is 75.7 Å². The van der Waals surface area contributed by atoms with E-state index in [1.54, 1.807) is 36.1 Å². The van der Waals surface area contributed by atoms with Crippen molar-refractivity contribution in [3.63, 3.8) is 0 Å². The summed E-state index contributed by atoms with van der Waals surface area (Å²) in [4.78, 5) is 39.5. The smallest absolute Gasteiger partial charge is 0.338 e. The number of hydrogen-bond donors (Lipinski definition) is 1. The number of rotatable bonds is 5. The van der Waals surface area contributed by atoms with Crippen molar-refractivity contribution in [3.8, 4) is 0 Å². The summed E-state index contributed by atoms with van der Waals surface area (Å²) in [6.07, 6.45) is 1.92. The van der Waals surface area contributed by atoms with E-state index in [2.05, 4.69) is 5.32 Å². The Labute approximate surface area is 163 Å². The average molecular weight is 378 g/mol. The third kappa shape index (κ3) is 3.15. The van der Waals surface area contributed by atoms with Crippen molar-refractivity contribution < 1.29 is 19.1 Å². The Kier molecular flexibility index (Phi) is 4.63. The van der Waals surface area contributed by atoms with Crippen molar-refractivity contribution in [3.05, 3.63) is 59.7 Å². The first kappa shape index (κ1) is 18.2. The lowest BCUT2D eigenvalue weighted by atomic mass is 10.0. The standard InChI is InChI=1S/C22H22N2O4/c1-2-28-19(25)16-7-9-17(10-8-16)23-20(26)22(12-13-22)21(27)24-14-11-15-5-3-4-6-18(15)24/h3-10H,2,11-14H2,1H3,(H,23,26). The maximum atomic E-state index is 13.1. The number of benzene rings is 2. The molecule has 6 heteroatoms. The zero-order valence-corrected chi connectivity index (χ0v) is 15.7. The highest BCUT2D eigenvalue weighted by molar-refractivity contribution is 6.18. The molecule has 2 aliphatic rings. The molecule has 0 spiro atoms. The van der Waals surface area contributed by atoms with Crippen LogP contribution in [-0.4, -0.2) is 30.9 Å². The number of carbonyl (C=O) groups is 3. The first-order chi connectivity index (χ1) is 13.5.